The Kier molecular flexibility index (Phi) is 6.06. The van der Waals surface area contributed by atoms with Crippen LogP contribution in [0.5, 0.6) is 5.75 Å². The number of hydrogen-bond acceptors (Lipinski definition) is 6. The summed E-state index contributed by atoms with van der Waals surface area (Å²) in [6, 6.07) is 8.27. The highest BCUT2D eigenvalue weighted by Crippen LogP contribution is 2.36. The second-order valence-electron chi connectivity index (χ2n) is 6.94. The van der Waals surface area contributed by atoms with Gasteiger partial charge < -0.3 is 15.8 Å². The van der Waals surface area contributed by atoms with Crippen LogP contribution in [0, 0.1) is 0 Å². The summed E-state index contributed by atoms with van der Waals surface area (Å²) in [5, 5.41) is 7.92. The highest BCUT2D eigenvalue weighted by molar-refractivity contribution is 9.10. The number of para-hydroxylation sites is 1. The van der Waals surface area contributed by atoms with Gasteiger partial charge in [0.25, 0.3) is 0 Å². The summed E-state index contributed by atoms with van der Waals surface area (Å²) in [4.78, 5) is 20.8. The molecule has 1 atom stereocenters. The fourth-order valence-corrected chi connectivity index (χ4v) is 3.84. The fraction of sp³-hybridized carbons (Fsp3) is 0.200. The zero-order valence-corrected chi connectivity index (χ0v) is 19.2. The molecule has 4 aromatic rings. The minimum Gasteiger partial charge on any atom is -0.405 e. The topological polar surface area (TPSA) is 107 Å². The maximum Gasteiger partial charge on any atom is 0.573 e. The van der Waals surface area contributed by atoms with E-state index in [-0.39, 0.29) is 22.4 Å². The quantitative estimate of drug-likeness (QED) is 0.357. The van der Waals surface area contributed by atoms with Crippen molar-refractivity contribution in [2.75, 3.05) is 5.32 Å². The number of hydrogen-bond donors (Lipinski definition) is 2. The SMILES string of the molecule is CC[C@H](Nc1nc2c(Br)cccc2c2nc(-c3ccc(Cl)cc3OC(F)(F)F)nn12)C(N)=O. The summed E-state index contributed by atoms with van der Waals surface area (Å²) in [5.74, 6) is -1.07. The van der Waals surface area contributed by atoms with Gasteiger partial charge in [0.15, 0.2) is 11.5 Å². The minimum atomic E-state index is -4.94. The van der Waals surface area contributed by atoms with Gasteiger partial charge in [-0.15, -0.1) is 18.3 Å². The smallest absolute Gasteiger partial charge is 0.405 e. The average Bonchev–Trinajstić information content (AvgIpc) is 3.16. The Morgan fingerprint density at radius 3 is 2.73 bits per heavy atom. The number of ether oxygens (including phenoxy) is 1. The summed E-state index contributed by atoms with van der Waals surface area (Å²) in [6.45, 7) is 1.76. The number of rotatable bonds is 6. The lowest BCUT2D eigenvalue weighted by atomic mass is 10.2. The Labute approximate surface area is 198 Å². The Balaban J connectivity index is 1.97. The number of amides is 1. The molecule has 0 aliphatic carbocycles. The fourth-order valence-electron chi connectivity index (χ4n) is 3.22. The van der Waals surface area contributed by atoms with Crippen molar-refractivity contribution in [1.29, 1.82) is 0 Å². The summed E-state index contributed by atoms with van der Waals surface area (Å²) >= 11 is 9.31. The van der Waals surface area contributed by atoms with E-state index in [1.807, 2.05) is 0 Å². The number of aromatic nitrogens is 4. The largest absolute Gasteiger partial charge is 0.573 e. The summed E-state index contributed by atoms with van der Waals surface area (Å²) in [5.41, 5.74) is 6.23. The van der Waals surface area contributed by atoms with Crippen molar-refractivity contribution in [3.8, 4) is 17.1 Å². The molecule has 0 radical (unpaired) electrons. The summed E-state index contributed by atoms with van der Waals surface area (Å²) in [6.07, 6.45) is -4.57. The first-order valence-corrected chi connectivity index (χ1v) is 10.7. The van der Waals surface area contributed by atoms with Crippen LogP contribution in [0.3, 0.4) is 0 Å². The standard InChI is InChI=1S/C20H15BrClF3N6O2/c1-2-13(16(26)32)27-19-28-15-11(4-3-5-12(15)21)18-29-17(30-31(18)19)10-7-6-9(22)8-14(10)33-20(23,24)25/h3-8,13H,2H2,1H3,(H2,26,32)(H,27,28)/t13-/m0/s1. The van der Waals surface area contributed by atoms with Crippen molar-refractivity contribution in [3.63, 3.8) is 0 Å². The molecule has 8 nitrogen and oxygen atoms in total. The van der Waals surface area contributed by atoms with E-state index in [2.05, 4.69) is 41.1 Å². The van der Waals surface area contributed by atoms with Crippen LogP contribution < -0.4 is 15.8 Å². The molecule has 0 bridgehead atoms. The van der Waals surface area contributed by atoms with E-state index >= 15 is 0 Å². The predicted octanol–water partition coefficient (Wildman–Crippen LogP) is 4.93. The van der Waals surface area contributed by atoms with Crippen LogP contribution in [-0.4, -0.2) is 37.9 Å². The number of anilines is 1. The minimum absolute atomic E-state index is 0.0311. The van der Waals surface area contributed by atoms with Crippen LogP contribution in [0.2, 0.25) is 5.02 Å². The average molecular weight is 544 g/mol. The normalized spacial score (nSPS) is 12.8. The molecule has 33 heavy (non-hydrogen) atoms. The lowest BCUT2D eigenvalue weighted by molar-refractivity contribution is -0.274. The van der Waals surface area contributed by atoms with Crippen molar-refractivity contribution in [3.05, 3.63) is 45.9 Å². The Morgan fingerprint density at radius 1 is 1.30 bits per heavy atom. The lowest BCUT2D eigenvalue weighted by Gasteiger charge is -2.15. The van der Waals surface area contributed by atoms with Gasteiger partial charge in [-0.05, 0) is 52.7 Å². The van der Waals surface area contributed by atoms with E-state index in [1.54, 1.807) is 25.1 Å². The number of nitrogens with zero attached hydrogens (tertiary/aromatic N) is 4. The first-order valence-electron chi connectivity index (χ1n) is 9.54. The van der Waals surface area contributed by atoms with Crippen molar-refractivity contribution in [2.24, 2.45) is 5.73 Å². The molecule has 2 aromatic heterocycles. The molecule has 0 aliphatic rings. The van der Waals surface area contributed by atoms with Gasteiger partial charge in [0.1, 0.15) is 11.8 Å². The van der Waals surface area contributed by atoms with E-state index in [0.717, 1.165) is 6.07 Å². The van der Waals surface area contributed by atoms with Gasteiger partial charge in [0.05, 0.1) is 11.1 Å². The maximum atomic E-state index is 13.0. The molecule has 0 spiro atoms. The summed E-state index contributed by atoms with van der Waals surface area (Å²) < 4.78 is 45.0. The van der Waals surface area contributed by atoms with E-state index < -0.39 is 24.1 Å². The van der Waals surface area contributed by atoms with Gasteiger partial charge in [-0.3, -0.25) is 4.79 Å². The van der Waals surface area contributed by atoms with Crippen LogP contribution in [0.1, 0.15) is 13.3 Å². The lowest BCUT2D eigenvalue weighted by Crippen LogP contribution is -2.35. The van der Waals surface area contributed by atoms with Crippen LogP contribution in [0.4, 0.5) is 19.1 Å². The Hall–Kier alpha value is -3.12. The van der Waals surface area contributed by atoms with Crippen LogP contribution >= 0.6 is 27.5 Å². The van der Waals surface area contributed by atoms with E-state index in [1.165, 1.54) is 16.6 Å². The van der Waals surface area contributed by atoms with Gasteiger partial charge in [-0.2, -0.15) is 4.52 Å². The third kappa shape index (κ3) is 4.67. The number of carbonyl (C=O) groups excluding carboxylic acids is 1. The van der Waals surface area contributed by atoms with Gasteiger partial charge in [-0.1, -0.05) is 24.6 Å². The first kappa shape index (κ1) is 23.1. The molecule has 2 aromatic carbocycles. The van der Waals surface area contributed by atoms with Crippen molar-refractivity contribution in [2.45, 2.75) is 25.7 Å². The van der Waals surface area contributed by atoms with E-state index in [9.17, 15) is 18.0 Å². The highest BCUT2D eigenvalue weighted by atomic mass is 79.9. The molecular formula is C20H15BrClF3N6O2. The molecule has 3 N–H and O–H groups in total. The van der Waals surface area contributed by atoms with Gasteiger partial charge >= 0.3 is 6.36 Å². The third-order valence-electron chi connectivity index (χ3n) is 4.72. The van der Waals surface area contributed by atoms with Gasteiger partial charge in [0, 0.05) is 14.9 Å². The number of carbonyl (C=O) groups is 1. The highest BCUT2D eigenvalue weighted by Gasteiger charge is 2.33. The second-order valence-corrected chi connectivity index (χ2v) is 8.23. The molecule has 2 heterocycles. The second kappa shape index (κ2) is 8.67. The number of fused-ring (bicyclic) bond motifs is 3. The van der Waals surface area contributed by atoms with Crippen molar-refractivity contribution in [1.82, 2.24) is 19.6 Å². The van der Waals surface area contributed by atoms with E-state index in [4.69, 9.17) is 17.3 Å². The molecule has 4 rings (SSSR count). The van der Waals surface area contributed by atoms with Crippen LogP contribution in [0.15, 0.2) is 40.9 Å². The van der Waals surface area contributed by atoms with Crippen LogP contribution in [0.25, 0.3) is 27.9 Å². The molecule has 0 unspecified atom stereocenters. The van der Waals surface area contributed by atoms with Gasteiger partial charge in [-0.25, -0.2) is 9.97 Å². The molecular weight excluding hydrogens is 529 g/mol. The Morgan fingerprint density at radius 2 is 2.06 bits per heavy atom. The van der Waals surface area contributed by atoms with Crippen molar-refractivity contribution < 1.29 is 22.7 Å². The molecule has 0 saturated carbocycles. The molecule has 172 valence electrons. The number of alkyl halides is 3. The number of primary amides is 1. The molecule has 13 heteroatoms. The maximum absolute atomic E-state index is 13.0. The molecule has 0 aliphatic heterocycles. The summed E-state index contributed by atoms with van der Waals surface area (Å²) in [7, 11) is 0. The zero-order chi connectivity index (χ0) is 23.9. The van der Waals surface area contributed by atoms with Crippen molar-refractivity contribution >= 4 is 55.9 Å². The van der Waals surface area contributed by atoms with Crippen LogP contribution in [-0.2, 0) is 4.79 Å². The first-order chi connectivity index (χ1) is 15.6. The number of benzene rings is 2. The predicted molar refractivity (Wildman–Crippen MR) is 120 cm³/mol. The number of nitrogens with two attached hydrogens (primary N) is 1. The molecule has 0 saturated heterocycles. The Bertz CT molecular complexity index is 1380. The van der Waals surface area contributed by atoms with E-state index in [0.29, 0.717) is 27.4 Å². The number of halogens is 5. The third-order valence-corrected chi connectivity index (χ3v) is 5.59. The number of nitrogens with one attached hydrogen (secondary N) is 1. The molecule has 1 amide bonds. The zero-order valence-electron chi connectivity index (χ0n) is 16.8. The van der Waals surface area contributed by atoms with Gasteiger partial charge in [0.2, 0.25) is 11.9 Å². The molecule has 0 fully saturated rings. The monoisotopic (exact) mass is 542 g/mol.